The minimum absolute atomic E-state index is 0.0501. The first kappa shape index (κ1) is 30.5. The number of nitrogens with one attached hydrogen (secondary N) is 3. The molecule has 10 heteroatoms. The summed E-state index contributed by atoms with van der Waals surface area (Å²) in [4.78, 5) is 25.5. The van der Waals surface area contributed by atoms with Gasteiger partial charge in [0.05, 0.1) is 17.5 Å². The van der Waals surface area contributed by atoms with Crippen LogP contribution in [0.5, 0.6) is 0 Å². The largest absolute Gasteiger partial charge is 0.407 e. The van der Waals surface area contributed by atoms with Gasteiger partial charge in [0.2, 0.25) is 11.8 Å². The van der Waals surface area contributed by atoms with Gasteiger partial charge in [-0.2, -0.15) is 18.4 Å². The van der Waals surface area contributed by atoms with Crippen molar-refractivity contribution in [1.29, 1.82) is 5.26 Å². The zero-order valence-electron chi connectivity index (χ0n) is 23.7. The molecule has 2 aromatic rings. The zero-order chi connectivity index (χ0) is 30.2. The number of halogens is 4. The average molecular weight is 573 g/mol. The van der Waals surface area contributed by atoms with Crippen molar-refractivity contribution in [2.24, 2.45) is 0 Å². The fraction of sp³-hybridized carbons (Fsp3) is 0.516. The molecule has 2 aliphatic carbocycles. The normalized spacial score (nSPS) is 18.1. The van der Waals surface area contributed by atoms with E-state index >= 15 is 0 Å². The van der Waals surface area contributed by atoms with Gasteiger partial charge in [0.15, 0.2) is 0 Å². The molecule has 0 heterocycles. The van der Waals surface area contributed by atoms with E-state index < -0.39 is 47.2 Å². The van der Waals surface area contributed by atoms with Crippen molar-refractivity contribution < 1.29 is 27.2 Å². The Morgan fingerprint density at radius 2 is 1.49 bits per heavy atom. The van der Waals surface area contributed by atoms with E-state index in [-0.39, 0.29) is 17.5 Å². The Kier molecular flexibility index (Phi) is 8.25. The van der Waals surface area contributed by atoms with Crippen LogP contribution in [0.2, 0.25) is 0 Å². The number of benzene rings is 2. The van der Waals surface area contributed by atoms with Gasteiger partial charge in [-0.15, -0.1) is 0 Å². The number of rotatable bonds is 11. The van der Waals surface area contributed by atoms with E-state index in [9.17, 15) is 32.4 Å². The summed E-state index contributed by atoms with van der Waals surface area (Å²) in [7, 11) is 0. The second-order valence-electron chi connectivity index (χ2n) is 12.4. The Morgan fingerprint density at radius 3 is 1.93 bits per heavy atom. The minimum Gasteiger partial charge on any atom is -0.353 e. The van der Waals surface area contributed by atoms with Crippen LogP contribution in [0.3, 0.4) is 0 Å². The fourth-order valence-electron chi connectivity index (χ4n) is 4.68. The van der Waals surface area contributed by atoms with Crippen molar-refractivity contribution in [2.45, 2.75) is 101 Å². The lowest BCUT2D eigenvalue weighted by molar-refractivity contribution is -0.161. The van der Waals surface area contributed by atoms with E-state index in [1.807, 2.05) is 44.2 Å². The van der Waals surface area contributed by atoms with Crippen molar-refractivity contribution in [2.75, 3.05) is 0 Å². The number of hydrogen-bond acceptors (Lipinski definition) is 4. The van der Waals surface area contributed by atoms with Gasteiger partial charge in [0, 0.05) is 12.5 Å². The summed E-state index contributed by atoms with van der Waals surface area (Å²) in [5.74, 6) is -0.889. The molecule has 0 aromatic heterocycles. The van der Waals surface area contributed by atoms with Gasteiger partial charge in [0.25, 0.3) is 0 Å². The van der Waals surface area contributed by atoms with Crippen LogP contribution in [-0.4, -0.2) is 41.3 Å². The highest BCUT2D eigenvalue weighted by Gasteiger charge is 2.48. The van der Waals surface area contributed by atoms with E-state index in [0.717, 1.165) is 24.0 Å². The summed E-state index contributed by atoms with van der Waals surface area (Å²) >= 11 is 0. The summed E-state index contributed by atoms with van der Waals surface area (Å²) in [6.45, 7) is 6.08. The highest BCUT2D eigenvalue weighted by Crippen LogP contribution is 2.37. The van der Waals surface area contributed by atoms with Crippen LogP contribution < -0.4 is 16.0 Å². The van der Waals surface area contributed by atoms with E-state index in [4.69, 9.17) is 0 Å². The number of carbonyl (C=O) groups excluding carboxylic acids is 2. The van der Waals surface area contributed by atoms with Crippen LogP contribution in [-0.2, 0) is 15.0 Å². The van der Waals surface area contributed by atoms with Crippen LogP contribution in [0.1, 0.15) is 77.0 Å². The summed E-state index contributed by atoms with van der Waals surface area (Å²) in [6.07, 6.45) is -2.50. The van der Waals surface area contributed by atoms with Crippen LogP contribution in [0.4, 0.5) is 17.6 Å². The Balaban J connectivity index is 1.52. The fourth-order valence-corrected chi connectivity index (χ4v) is 4.68. The smallest absolute Gasteiger partial charge is 0.353 e. The average Bonchev–Trinajstić information content (AvgIpc) is 3.83. The summed E-state index contributed by atoms with van der Waals surface area (Å²) in [5, 5.41) is 17.1. The highest BCUT2D eigenvalue weighted by atomic mass is 19.4. The molecule has 4 rings (SSSR count). The first-order valence-electron chi connectivity index (χ1n) is 13.8. The number of carbonyl (C=O) groups is 2. The van der Waals surface area contributed by atoms with Crippen LogP contribution >= 0.6 is 0 Å². The number of nitrogens with zero attached hydrogens (tertiary/aromatic N) is 1. The van der Waals surface area contributed by atoms with E-state index in [2.05, 4.69) is 16.0 Å². The summed E-state index contributed by atoms with van der Waals surface area (Å²) < 4.78 is 57.2. The number of alkyl halides is 4. The molecule has 2 amide bonds. The third-order valence-electron chi connectivity index (χ3n) is 7.69. The van der Waals surface area contributed by atoms with Gasteiger partial charge in [-0.25, -0.2) is 4.39 Å². The van der Waals surface area contributed by atoms with Gasteiger partial charge in [-0.3, -0.25) is 14.9 Å². The number of nitriles is 1. The van der Waals surface area contributed by atoms with Crippen LogP contribution in [0.15, 0.2) is 48.5 Å². The molecule has 2 aliphatic rings. The highest BCUT2D eigenvalue weighted by molar-refractivity contribution is 5.88. The molecule has 220 valence electrons. The van der Waals surface area contributed by atoms with Gasteiger partial charge < -0.3 is 10.6 Å². The molecule has 2 atom stereocenters. The first-order valence-corrected chi connectivity index (χ1v) is 13.8. The quantitative estimate of drug-likeness (QED) is 0.298. The Hall–Kier alpha value is -3.45. The molecule has 3 N–H and O–H groups in total. The molecular weight excluding hydrogens is 536 g/mol. The summed E-state index contributed by atoms with van der Waals surface area (Å²) in [6, 6.07) is 11.6. The van der Waals surface area contributed by atoms with Gasteiger partial charge in [-0.1, -0.05) is 48.5 Å². The number of hydrogen-bond donors (Lipinski definition) is 3. The Labute approximate surface area is 237 Å². The third kappa shape index (κ3) is 7.64. The molecule has 0 unspecified atom stereocenters. The lowest BCUT2D eigenvalue weighted by atomic mass is 9.83. The predicted molar refractivity (Wildman–Crippen MR) is 147 cm³/mol. The summed E-state index contributed by atoms with van der Waals surface area (Å²) in [5.41, 5.74) is -1.65. The van der Waals surface area contributed by atoms with Crippen LogP contribution in [0, 0.1) is 11.3 Å². The molecular formula is C31H36F4N4O2. The minimum atomic E-state index is -4.78. The van der Waals surface area contributed by atoms with E-state index in [1.54, 1.807) is 12.1 Å². The van der Waals surface area contributed by atoms with Gasteiger partial charge in [-0.05, 0) is 75.6 Å². The van der Waals surface area contributed by atoms with Gasteiger partial charge in [0.1, 0.15) is 17.2 Å². The van der Waals surface area contributed by atoms with Crippen molar-refractivity contribution in [3.05, 3.63) is 59.7 Å². The van der Waals surface area contributed by atoms with E-state index in [1.165, 1.54) is 26.0 Å². The second kappa shape index (κ2) is 11.1. The second-order valence-corrected chi connectivity index (χ2v) is 12.4. The molecule has 0 aliphatic heterocycles. The molecule has 41 heavy (non-hydrogen) atoms. The maximum absolute atomic E-state index is 14.5. The van der Waals surface area contributed by atoms with Crippen LogP contribution in [0.25, 0.3) is 11.1 Å². The molecule has 0 bridgehead atoms. The van der Waals surface area contributed by atoms with Gasteiger partial charge >= 0.3 is 6.18 Å². The van der Waals surface area contributed by atoms with Crippen molar-refractivity contribution in [3.63, 3.8) is 0 Å². The molecule has 0 radical (unpaired) electrons. The first-order chi connectivity index (χ1) is 19.0. The van der Waals surface area contributed by atoms with Crippen molar-refractivity contribution in [3.8, 4) is 17.2 Å². The monoisotopic (exact) mass is 572 g/mol. The van der Waals surface area contributed by atoms with Crippen molar-refractivity contribution >= 4 is 11.8 Å². The standard InChI is InChI=1S/C31H36F4N4O2/c1-28(2,32)17-24(26(40)39-30(18-36)15-16-30)38-25(31(33,34)35)21-7-5-19(6-8-21)20-9-11-22(12-10-20)29(3,4)27(41)37-23-13-14-23/h5-12,23-25,38H,13-17H2,1-4H3,(H,37,41)(H,39,40)/t24-,25-/m0/s1. The van der Waals surface area contributed by atoms with Crippen molar-refractivity contribution in [1.82, 2.24) is 16.0 Å². The molecule has 2 fully saturated rings. The molecule has 2 saturated carbocycles. The molecule has 6 nitrogen and oxygen atoms in total. The zero-order valence-corrected chi connectivity index (χ0v) is 23.7. The molecule has 2 aromatic carbocycles. The topological polar surface area (TPSA) is 94.0 Å². The lowest BCUT2D eigenvalue weighted by Gasteiger charge is -2.30. The van der Waals surface area contributed by atoms with E-state index in [0.29, 0.717) is 18.4 Å². The lowest BCUT2D eigenvalue weighted by Crippen LogP contribution is -2.53. The SMILES string of the molecule is CC(C)(F)C[C@H](N[C@@H](c1ccc(-c2ccc(C(C)(C)C(=O)NC3CC3)cc2)cc1)C(F)(F)F)C(=O)NC1(C#N)CC1. The molecule has 0 spiro atoms. The Morgan fingerprint density at radius 1 is 0.951 bits per heavy atom. The predicted octanol–water partition coefficient (Wildman–Crippen LogP) is 5.78. The maximum atomic E-state index is 14.5. The molecule has 0 saturated heterocycles. The number of amides is 2. The third-order valence-corrected chi connectivity index (χ3v) is 7.69. The maximum Gasteiger partial charge on any atom is 0.407 e. The Bertz CT molecular complexity index is 1300.